The minimum atomic E-state index is 0.0235. The van der Waals surface area contributed by atoms with Gasteiger partial charge in [0.15, 0.2) is 5.78 Å². The lowest BCUT2D eigenvalue weighted by atomic mass is 10.1. The smallest absolute Gasteiger partial charge is 0.185 e. The van der Waals surface area contributed by atoms with Crippen LogP contribution in [-0.4, -0.2) is 21.1 Å². The molecule has 4 aromatic carbocycles. The molecule has 4 nitrogen and oxygen atoms in total. The number of carbonyl (C=O) groups excluding carboxylic acids is 1. The van der Waals surface area contributed by atoms with Crippen molar-refractivity contribution in [1.82, 2.24) is 0 Å². The number of phenols is 3. The lowest BCUT2D eigenvalue weighted by Gasteiger charge is -1.98. The van der Waals surface area contributed by atoms with E-state index in [4.69, 9.17) is 5.11 Å². The van der Waals surface area contributed by atoms with E-state index in [1.807, 2.05) is 72.8 Å². The monoisotopic (exact) mass is 436 g/mol. The Hall–Kier alpha value is -4.57. The van der Waals surface area contributed by atoms with Gasteiger partial charge in [0.1, 0.15) is 17.2 Å². The van der Waals surface area contributed by atoms with Gasteiger partial charge in [-0.1, -0.05) is 91.0 Å². The van der Waals surface area contributed by atoms with Gasteiger partial charge in [-0.05, 0) is 47.0 Å². The van der Waals surface area contributed by atoms with Crippen molar-refractivity contribution in [1.29, 1.82) is 0 Å². The van der Waals surface area contributed by atoms with Crippen LogP contribution in [0.5, 0.6) is 17.2 Å². The van der Waals surface area contributed by atoms with E-state index in [2.05, 4.69) is 0 Å². The van der Waals surface area contributed by atoms with Crippen LogP contribution in [0.2, 0.25) is 0 Å². The third kappa shape index (κ3) is 7.89. The number of allylic oxidation sites excluding steroid dienone is 1. The molecule has 0 atom stereocenters. The first-order chi connectivity index (χ1) is 16.0. The maximum Gasteiger partial charge on any atom is 0.185 e. The third-order valence-corrected chi connectivity index (χ3v) is 4.57. The summed E-state index contributed by atoms with van der Waals surface area (Å²) in [7, 11) is 0. The van der Waals surface area contributed by atoms with Crippen LogP contribution in [0.4, 0.5) is 0 Å². The fourth-order valence-electron chi connectivity index (χ4n) is 2.93. The van der Waals surface area contributed by atoms with Crippen molar-refractivity contribution in [2.45, 2.75) is 0 Å². The van der Waals surface area contributed by atoms with E-state index in [1.54, 1.807) is 48.6 Å². The van der Waals surface area contributed by atoms with Gasteiger partial charge < -0.3 is 15.3 Å². The molecule has 0 aliphatic carbocycles. The highest BCUT2D eigenvalue weighted by molar-refractivity contribution is 6.06. The average Bonchev–Trinajstić information content (AvgIpc) is 2.83. The normalized spacial score (nSPS) is 10.7. The number of rotatable bonds is 5. The first kappa shape index (κ1) is 23.1. The molecule has 0 radical (unpaired) electrons. The summed E-state index contributed by atoms with van der Waals surface area (Å²) >= 11 is 0. The third-order valence-electron chi connectivity index (χ3n) is 4.57. The van der Waals surface area contributed by atoms with Gasteiger partial charge >= 0.3 is 0 Å². The summed E-state index contributed by atoms with van der Waals surface area (Å²) < 4.78 is 0. The molecule has 0 amide bonds. The summed E-state index contributed by atoms with van der Waals surface area (Å²) in [5, 5.41) is 27.7. The predicted octanol–water partition coefficient (Wildman–Crippen LogP) is 6.56. The average molecular weight is 437 g/mol. The fourth-order valence-corrected chi connectivity index (χ4v) is 2.93. The highest BCUT2D eigenvalue weighted by atomic mass is 16.3. The molecule has 0 aliphatic rings. The maximum absolute atomic E-state index is 11.7. The number of benzene rings is 4. The Morgan fingerprint density at radius 1 is 0.515 bits per heavy atom. The first-order valence-corrected chi connectivity index (χ1v) is 10.3. The lowest BCUT2D eigenvalue weighted by molar-refractivity contribution is 0.104. The van der Waals surface area contributed by atoms with Crippen LogP contribution in [0.25, 0.3) is 18.2 Å². The molecule has 33 heavy (non-hydrogen) atoms. The molecular weight excluding hydrogens is 412 g/mol. The van der Waals surface area contributed by atoms with Crippen molar-refractivity contribution in [2.24, 2.45) is 0 Å². The van der Waals surface area contributed by atoms with Crippen LogP contribution < -0.4 is 0 Å². The Bertz CT molecular complexity index is 1210. The van der Waals surface area contributed by atoms with Gasteiger partial charge in [-0.3, -0.25) is 4.79 Å². The standard InChI is InChI=1S/C15H12O.C14H12O3/c16-15(14-9-5-2-6-10-14)12-11-13-7-3-1-4-8-13;15-12-5-3-10(4-6-12)1-2-11-7-13(16)9-14(17)8-11/h1-12H;1-9,15-17H/b;2-1+. The van der Waals surface area contributed by atoms with Crippen LogP contribution in [0.15, 0.2) is 109 Å². The van der Waals surface area contributed by atoms with E-state index in [0.717, 1.165) is 16.7 Å². The summed E-state index contributed by atoms with van der Waals surface area (Å²) in [6.45, 7) is 0. The van der Waals surface area contributed by atoms with Gasteiger partial charge in [0, 0.05) is 11.6 Å². The molecule has 164 valence electrons. The molecule has 0 bridgehead atoms. The van der Waals surface area contributed by atoms with E-state index >= 15 is 0 Å². The van der Waals surface area contributed by atoms with Crippen LogP contribution >= 0.6 is 0 Å². The Kier molecular flexibility index (Phi) is 8.21. The second-order valence-electron chi connectivity index (χ2n) is 7.18. The highest BCUT2D eigenvalue weighted by Gasteiger charge is 1.99. The zero-order valence-electron chi connectivity index (χ0n) is 17.9. The number of hydrogen-bond donors (Lipinski definition) is 3. The first-order valence-electron chi connectivity index (χ1n) is 10.3. The molecule has 4 aromatic rings. The molecular formula is C29H24O4. The van der Waals surface area contributed by atoms with Gasteiger partial charge in [-0.2, -0.15) is 0 Å². The molecule has 0 unspecified atom stereocenters. The quantitative estimate of drug-likeness (QED) is 0.188. The molecule has 0 aliphatic heterocycles. The minimum absolute atomic E-state index is 0.0235. The topological polar surface area (TPSA) is 77.8 Å². The summed E-state index contributed by atoms with van der Waals surface area (Å²) in [5.74, 6) is 0.298. The van der Waals surface area contributed by atoms with Crippen molar-refractivity contribution < 1.29 is 20.1 Å². The number of aromatic hydroxyl groups is 3. The number of hydrogen-bond acceptors (Lipinski definition) is 4. The molecule has 3 N–H and O–H groups in total. The van der Waals surface area contributed by atoms with Crippen molar-refractivity contribution in [3.8, 4) is 17.2 Å². The molecule has 0 spiro atoms. The molecule has 0 aromatic heterocycles. The largest absolute Gasteiger partial charge is 0.508 e. The van der Waals surface area contributed by atoms with Gasteiger partial charge in [0.05, 0.1) is 0 Å². The van der Waals surface area contributed by atoms with Gasteiger partial charge in [0.2, 0.25) is 0 Å². The van der Waals surface area contributed by atoms with Crippen LogP contribution in [0.1, 0.15) is 27.0 Å². The SMILES string of the molecule is O=C(C=Cc1ccccc1)c1ccccc1.Oc1ccc(/C=C/c2cc(O)cc(O)c2)cc1. The number of carbonyl (C=O) groups is 1. The van der Waals surface area contributed by atoms with Crippen molar-refractivity contribution in [3.05, 3.63) is 131 Å². The van der Waals surface area contributed by atoms with Gasteiger partial charge in [-0.15, -0.1) is 0 Å². The fraction of sp³-hybridized carbons (Fsp3) is 0. The lowest BCUT2D eigenvalue weighted by Crippen LogP contribution is -1.92. The van der Waals surface area contributed by atoms with Crippen LogP contribution in [0.3, 0.4) is 0 Å². The Balaban J connectivity index is 0.000000186. The Morgan fingerprint density at radius 2 is 1.03 bits per heavy atom. The highest BCUT2D eigenvalue weighted by Crippen LogP contribution is 2.22. The van der Waals surface area contributed by atoms with Crippen molar-refractivity contribution in [3.63, 3.8) is 0 Å². The number of ketones is 1. The van der Waals surface area contributed by atoms with E-state index in [9.17, 15) is 15.0 Å². The Labute approximate surface area is 193 Å². The molecule has 4 rings (SSSR count). The minimum Gasteiger partial charge on any atom is -0.508 e. The van der Waals surface area contributed by atoms with Crippen LogP contribution in [-0.2, 0) is 0 Å². The van der Waals surface area contributed by atoms with E-state index in [1.165, 1.54) is 6.07 Å². The molecule has 0 saturated heterocycles. The van der Waals surface area contributed by atoms with Crippen molar-refractivity contribution >= 4 is 24.0 Å². The summed E-state index contributed by atoms with van der Waals surface area (Å²) in [4.78, 5) is 11.7. The summed E-state index contributed by atoms with van der Waals surface area (Å²) in [6.07, 6.45) is 7.03. The molecule has 0 saturated carbocycles. The Morgan fingerprint density at radius 3 is 1.64 bits per heavy atom. The van der Waals surface area contributed by atoms with Gasteiger partial charge in [-0.25, -0.2) is 0 Å². The number of phenolic OH excluding ortho intramolecular Hbond substituents is 3. The summed E-state index contributed by atoms with van der Waals surface area (Å²) in [5.41, 5.74) is 3.38. The molecule has 0 heterocycles. The van der Waals surface area contributed by atoms with Crippen molar-refractivity contribution in [2.75, 3.05) is 0 Å². The zero-order chi connectivity index (χ0) is 23.5. The second-order valence-corrected chi connectivity index (χ2v) is 7.18. The second kappa shape index (κ2) is 11.7. The zero-order valence-corrected chi connectivity index (χ0v) is 17.9. The molecule has 0 fully saturated rings. The van der Waals surface area contributed by atoms with E-state index < -0.39 is 0 Å². The maximum atomic E-state index is 11.7. The molecule has 4 heteroatoms. The van der Waals surface area contributed by atoms with E-state index in [0.29, 0.717) is 5.56 Å². The van der Waals surface area contributed by atoms with Crippen LogP contribution in [0, 0.1) is 0 Å². The predicted molar refractivity (Wildman–Crippen MR) is 133 cm³/mol. The van der Waals surface area contributed by atoms with Gasteiger partial charge in [0.25, 0.3) is 0 Å². The van der Waals surface area contributed by atoms with E-state index in [-0.39, 0.29) is 23.0 Å². The summed E-state index contributed by atoms with van der Waals surface area (Å²) in [6, 6.07) is 30.2.